The third kappa shape index (κ3) is 3.87. The molecule has 5 heteroatoms. The molecule has 1 saturated heterocycles. The number of amides is 1. The van der Waals surface area contributed by atoms with E-state index in [0.717, 1.165) is 32.7 Å². The molecule has 0 spiro atoms. The third-order valence-corrected chi connectivity index (χ3v) is 3.86. The minimum absolute atomic E-state index is 0.0516. The van der Waals surface area contributed by atoms with Crippen LogP contribution in [0.5, 0.6) is 5.75 Å². The lowest BCUT2D eigenvalue weighted by Crippen LogP contribution is -2.51. The van der Waals surface area contributed by atoms with Gasteiger partial charge >= 0.3 is 0 Å². The molecule has 1 aliphatic rings. The molecule has 0 radical (unpaired) electrons. The summed E-state index contributed by atoms with van der Waals surface area (Å²) in [6, 6.07) is 7.07. The lowest BCUT2D eigenvalue weighted by atomic mass is 10.2. The number of hydrogen-bond donors (Lipinski definition) is 0. The maximum atomic E-state index is 12.3. The van der Waals surface area contributed by atoms with Crippen LogP contribution in [-0.4, -0.2) is 54.5 Å². The number of rotatable bonds is 4. The summed E-state index contributed by atoms with van der Waals surface area (Å²) in [7, 11) is 0. The number of piperazine rings is 1. The van der Waals surface area contributed by atoms with Crippen molar-refractivity contribution in [3.8, 4) is 5.75 Å². The lowest BCUT2D eigenvalue weighted by Gasteiger charge is -2.35. The highest BCUT2D eigenvalue weighted by molar-refractivity contribution is 6.30. The number of hydrogen-bond acceptors (Lipinski definition) is 3. The molecule has 0 saturated carbocycles. The van der Waals surface area contributed by atoms with Gasteiger partial charge < -0.3 is 14.5 Å². The van der Waals surface area contributed by atoms with Crippen molar-refractivity contribution in [1.82, 2.24) is 9.80 Å². The summed E-state index contributed by atoms with van der Waals surface area (Å²) < 4.78 is 5.67. The molecule has 4 nitrogen and oxygen atoms in total. The predicted octanol–water partition coefficient (Wildman–Crippen LogP) is 2.27. The maximum Gasteiger partial charge on any atom is 0.263 e. The van der Waals surface area contributed by atoms with Crippen LogP contribution in [0, 0.1) is 0 Å². The van der Waals surface area contributed by atoms with Crippen molar-refractivity contribution in [3.63, 3.8) is 0 Å². The third-order valence-electron chi connectivity index (χ3n) is 3.61. The Morgan fingerprint density at radius 2 is 1.85 bits per heavy atom. The van der Waals surface area contributed by atoms with Gasteiger partial charge in [0.1, 0.15) is 5.75 Å². The van der Waals surface area contributed by atoms with Crippen LogP contribution in [0.4, 0.5) is 0 Å². The van der Waals surface area contributed by atoms with E-state index >= 15 is 0 Å². The number of carbonyl (C=O) groups is 1. The summed E-state index contributed by atoms with van der Waals surface area (Å²) in [5.41, 5.74) is 0. The second kappa shape index (κ2) is 6.95. The Morgan fingerprint density at radius 3 is 2.40 bits per heavy atom. The van der Waals surface area contributed by atoms with Gasteiger partial charge in [-0.25, -0.2) is 0 Å². The standard InChI is InChI=1S/C15H21ClN2O2/c1-3-17-8-10-18(11-9-17)15(19)12(2)20-14-6-4-13(16)5-7-14/h4-7,12H,3,8-11H2,1-2H3/t12-/m1/s1. The molecule has 2 rings (SSSR count). The van der Waals surface area contributed by atoms with Crippen molar-refractivity contribution in [3.05, 3.63) is 29.3 Å². The second-order valence-corrected chi connectivity index (χ2v) is 5.41. The molecule has 1 atom stereocenters. The van der Waals surface area contributed by atoms with Gasteiger partial charge in [-0.1, -0.05) is 18.5 Å². The first-order chi connectivity index (χ1) is 9.60. The van der Waals surface area contributed by atoms with E-state index in [9.17, 15) is 4.79 Å². The van der Waals surface area contributed by atoms with Gasteiger partial charge in [-0.15, -0.1) is 0 Å². The van der Waals surface area contributed by atoms with Gasteiger partial charge in [0.15, 0.2) is 6.10 Å². The first-order valence-corrected chi connectivity index (χ1v) is 7.41. The highest BCUT2D eigenvalue weighted by atomic mass is 35.5. The van der Waals surface area contributed by atoms with Crippen molar-refractivity contribution in [2.24, 2.45) is 0 Å². The summed E-state index contributed by atoms with van der Waals surface area (Å²) in [5, 5.41) is 0.659. The molecule has 1 aliphatic heterocycles. The molecule has 0 bridgehead atoms. The highest BCUT2D eigenvalue weighted by Crippen LogP contribution is 2.17. The fraction of sp³-hybridized carbons (Fsp3) is 0.533. The topological polar surface area (TPSA) is 32.8 Å². The molecule has 0 aliphatic carbocycles. The van der Waals surface area contributed by atoms with Gasteiger partial charge in [-0.3, -0.25) is 4.79 Å². The van der Waals surface area contributed by atoms with E-state index in [0.29, 0.717) is 10.8 Å². The molecule has 1 fully saturated rings. The number of likely N-dealkylation sites (N-methyl/N-ethyl adjacent to an activating group) is 1. The minimum atomic E-state index is -0.468. The van der Waals surface area contributed by atoms with Crippen molar-refractivity contribution in [1.29, 1.82) is 0 Å². The normalized spacial score (nSPS) is 17.9. The van der Waals surface area contributed by atoms with Crippen LogP contribution < -0.4 is 4.74 Å². The molecule has 110 valence electrons. The van der Waals surface area contributed by atoms with E-state index in [1.165, 1.54) is 0 Å². The van der Waals surface area contributed by atoms with E-state index in [2.05, 4.69) is 11.8 Å². The van der Waals surface area contributed by atoms with E-state index in [1.54, 1.807) is 31.2 Å². The molecular formula is C15H21ClN2O2. The van der Waals surface area contributed by atoms with Crippen molar-refractivity contribution in [2.75, 3.05) is 32.7 Å². The number of halogens is 1. The zero-order valence-corrected chi connectivity index (χ0v) is 12.8. The monoisotopic (exact) mass is 296 g/mol. The SMILES string of the molecule is CCN1CCN(C(=O)[C@@H](C)Oc2ccc(Cl)cc2)CC1. The summed E-state index contributed by atoms with van der Waals surface area (Å²) in [6.07, 6.45) is -0.468. The smallest absolute Gasteiger partial charge is 0.263 e. The molecule has 1 amide bonds. The number of ether oxygens (including phenoxy) is 1. The zero-order valence-electron chi connectivity index (χ0n) is 12.0. The Morgan fingerprint density at radius 1 is 1.25 bits per heavy atom. The summed E-state index contributed by atoms with van der Waals surface area (Å²) in [4.78, 5) is 16.5. The zero-order chi connectivity index (χ0) is 14.5. The van der Waals surface area contributed by atoms with Gasteiger partial charge in [-0.2, -0.15) is 0 Å². The molecule has 0 aromatic heterocycles. The lowest BCUT2D eigenvalue weighted by molar-refractivity contribution is -0.139. The van der Waals surface area contributed by atoms with Crippen LogP contribution in [0.15, 0.2) is 24.3 Å². The van der Waals surface area contributed by atoms with Gasteiger partial charge in [0.05, 0.1) is 0 Å². The Hall–Kier alpha value is -1.26. The van der Waals surface area contributed by atoms with Crippen molar-refractivity contribution < 1.29 is 9.53 Å². The molecule has 1 aromatic carbocycles. The van der Waals surface area contributed by atoms with Crippen molar-refractivity contribution in [2.45, 2.75) is 20.0 Å². The molecule has 1 heterocycles. The predicted molar refractivity (Wildman–Crippen MR) is 80.2 cm³/mol. The molecular weight excluding hydrogens is 276 g/mol. The first-order valence-electron chi connectivity index (χ1n) is 7.03. The number of nitrogens with zero attached hydrogens (tertiary/aromatic N) is 2. The van der Waals surface area contributed by atoms with Crippen LogP contribution in [0.2, 0.25) is 5.02 Å². The van der Waals surface area contributed by atoms with Crippen LogP contribution in [0.25, 0.3) is 0 Å². The van der Waals surface area contributed by atoms with E-state index < -0.39 is 6.10 Å². The van der Waals surface area contributed by atoms with Gasteiger partial charge in [0.25, 0.3) is 5.91 Å². The van der Waals surface area contributed by atoms with E-state index in [4.69, 9.17) is 16.3 Å². The molecule has 1 aromatic rings. The van der Waals surface area contributed by atoms with E-state index in [1.807, 2.05) is 4.90 Å². The fourth-order valence-electron chi connectivity index (χ4n) is 2.31. The second-order valence-electron chi connectivity index (χ2n) is 4.97. The van der Waals surface area contributed by atoms with Crippen LogP contribution in [0.3, 0.4) is 0 Å². The summed E-state index contributed by atoms with van der Waals surface area (Å²) in [6.45, 7) is 8.42. The van der Waals surface area contributed by atoms with Crippen molar-refractivity contribution >= 4 is 17.5 Å². The molecule has 0 unspecified atom stereocenters. The Labute approximate surface area is 125 Å². The average Bonchev–Trinajstić information content (AvgIpc) is 2.49. The van der Waals surface area contributed by atoms with Gasteiger partial charge in [0.2, 0.25) is 0 Å². The minimum Gasteiger partial charge on any atom is -0.481 e. The molecule has 20 heavy (non-hydrogen) atoms. The van der Waals surface area contributed by atoms with Crippen LogP contribution in [-0.2, 0) is 4.79 Å². The average molecular weight is 297 g/mol. The summed E-state index contributed by atoms with van der Waals surface area (Å²) >= 11 is 5.82. The Bertz CT molecular complexity index is 442. The number of carbonyl (C=O) groups excluding carboxylic acids is 1. The van der Waals surface area contributed by atoms with Crippen LogP contribution >= 0.6 is 11.6 Å². The Kier molecular flexibility index (Phi) is 5.26. The quantitative estimate of drug-likeness (QED) is 0.854. The largest absolute Gasteiger partial charge is 0.481 e. The first kappa shape index (κ1) is 15.1. The molecule has 0 N–H and O–H groups in total. The van der Waals surface area contributed by atoms with E-state index in [-0.39, 0.29) is 5.91 Å². The van der Waals surface area contributed by atoms with Crippen LogP contribution in [0.1, 0.15) is 13.8 Å². The maximum absolute atomic E-state index is 12.3. The van der Waals surface area contributed by atoms with Gasteiger partial charge in [-0.05, 0) is 37.7 Å². The fourth-order valence-corrected chi connectivity index (χ4v) is 2.44. The van der Waals surface area contributed by atoms with Gasteiger partial charge in [0, 0.05) is 31.2 Å². The number of benzene rings is 1. The Balaban J connectivity index is 1.87. The summed E-state index contributed by atoms with van der Waals surface area (Å²) in [5.74, 6) is 0.721. The highest BCUT2D eigenvalue weighted by Gasteiger charge is 2.25.